The Kier molecular flexibility index (Phi) is 2.88. The van der Waals surface area contributed by atoms with Crippen molar-refractivity contribution in [2.24, 2.45) is 5.73 Å². The van der Waals surface area contributed by atoms with Crippen LogP contribution in [0.25, 0.3) is 0 Å². The van der Waals surface area contributed by atoms with Crippen LogP contribution >= 0.6 is 11.3 Å². The van der Waals surface area contributed by atoms with Gasteiger partial charge < -0.3 is 5.73 Å². The SMILES string of the molecule is CCC(C)(N)C(=O)c1ccc(C)s1. The van der Waals surface area contributed by atoms with Gasteiger partial charge in [0.2, 0.25) is 0 Å². The molecule has 0 saturated carbocycles. The van der Waals surface area contributed by atoms with Gasteiger partial charge in [-0.25, -0.2) is 0 Å². The molecule has 0 aromatic carbocycles. The van der Waals surface area contributed by atoms with E-state index in [0.29, 0.717) is 6.42 Å². The zero-order chi connectivity index (χ0) is 10.1. The molecule has 1 aromatic rings. The largest absolute Gasteiger partial charge is 0.319 e. The maximum Gasteiger partial charge on any atom is 0.192 e. The highest BCUT2D eigenvalue weighted by Gasteiger charge is 2.27. The summed E-state index contributed by atoms with van der Waals surface area (Å²) in [5.74, 6) is 0.0492. The summed E-state index contributed by atoms with van der Waals surface area (Å²) in [6.45, 7) is 5.70. The second kappa shape index (κ2) is 3.60. The first kappa shape index (κ1) is 10.4. The van der Waals surface area contributed by atoms with E-state index < -0.39 is 5.54 Å². The van der Waals surface area contributed by atoms with Crippen LogP contribution < -0.4 is 5.73 Å². The molecule has 72 valence electrons. The van der Waals surface area contributed by atoms with E-state index in [9.17, 15) is 4.79 Å². The van der Waals surface area contributed by atoms with Crippen molar-refractivity contribution in [1.82, 2.24) is 0 Å². The normalized spacial score (nSPS) is 15.4. The lowest BCUT2D eigenvalue weighted by molar-refractivity contribution is 0.0902. The maximum absolute atomic E-state index is 11.8. The molecule has 0 amide bonds. The number of ketones is 1. The Morgan fingerprint density at radius 1 is 1.62 bits per heavy atom. The van der Waals surface area contributed by atoms with Crippen molar-refractivity contribution in [2.45, 2.75) is 32.7 Å². The van der Waals surface area contributed by atoms with Gasteiger partial charge in [-0.05, 0) is 32.4 Å². The lowest BCUT2D eigenvalue weighted by Gasteiger charge is -2.19. The van der Waals surface area contributed by atoms with Gasteiger partial charge in [-0.1, -0.05) is 6.92 Å². The third kappa shape index (κ3) is 2.17. The number of carbonyl (C=O) groups excluding carboxylic acids is 1. The molecule has 1 rings (SSSR count). The molecule has 3 heteroatoms. The molecule has 1 atom stereocenters. The number of hydrogen-bond donors (Lipinski definition) is 1. The van der Waals surface area contributed by atoms with Crippen LogP contribution in [0.2, 0.25) is 0 Å². The standard InChI is InChI=1S/C10H15NOS/c1-4-10(3,11)9(12)8-6-5-7(2)13-8/h5-6H,4,11H2,1-3H3. The Morgan fingerprint density at radius 2 is 2.23 bits per heavy atom. The molecule has 1 aromatic heterocycles. The van der Waals surface area contributed by atoms with Gasteiger partial charge in [-0.2, -0.15) is 0 Å². The van der Waals surface area contributed by atoms with E-state index in [0.717, 1.165) is 9.75 Å². The molecule has 0 radical (unpaired) electrons. The zero-order valence-electron chi connectivity index (χ0n) is 8.26. The summed E-state index contributed by atoms with van der Waals surface area (Å²) in [5, 5.41) is 0. The minimum Gasteiger partial charge on any atom is -0.319 e. The number of hydrogen-bond acceptors (Lipinski definition) is 3. The van der Waals surface area contributed by atoms with Crippen LogP contribution in [-0.2, 0) is 0 Å². The number of thiophene rings is 1. The zero-order valence-corrected chi connectivity index (χ0v) is 9.07. The topological polar surface area (TPSA) is 43.1 Å². The molecule has 0 aliphatic rings. The fraction of sp³-hybridized carbons (Fsp3) is 0.500. The molecular formula is C10H15NOS. The van der Waals surface area contributed by atoms with Crippen molar-refractivity contribution < 1.29 is 4.79 Å². The first-order valence-corrected chi connectivity index (χ1v) is 5.19. The van der Waals surface area contributed by atoms with E-state index in [1.165, 1.54) is 11.3 Å². The van der Waals surface area contributed by atoms with Crippen LogP contribution in [0.15, 0.2) is 12.1 Å². The second-order valence-corrected chi connectivity index (χ2v) is 4.80. The molecule has 0 aliphatic carbocycles. The monoisotopic (exact) mass is 197 g/mol. The summed E-state index contributed by atoms with van der Waals surface area (Å²) < 4.78 is 0. The van der Waals surface area contributed by atoms with Crippen molar-refractivity contribution >= 4 is 17.1 Å². The van der Waals surface area contributed by atoms with Crippen molar-refractivity contribution in [3.05, 3.63) is 21.9 Å². The Labute approximate surface area is 82.8 Å². The summed E-state index contributed by atoms with van der Waals surface area (Å²) in [6.07, 6.45) is 0.669. The highest BCUT2D eigenvalue weighted by atomic mass is 32.1. The lowest BCUT2D eigenvalue weighted by atomic mass is 9.94. The van der Waals surface area contributed by atoms with E-state index in [2.05, 4.69) is 0 Å². The smallest absolute Gasteiger partial charge is 0.192 e. The van der Waals surface area contributed by atoms with Gasteiger partial charge in [0.05, 0.1) is 10.4 Å². The predicted molar refractivity (Wildman–Crippen MR) is 56.3 cm³/mol. The summed E-state index contributed by atoms with van der Waals surface area (Å²) in [6, 6.07) is 3.80. The number of Topliss-reactive ketones (excluding diaryl/α,β-unsaturated/α-hetero) is 1. The number of nitrogens with two attached hydrogens (primary N) is 1. The lowest BCUT2D eigenvalue weighted by Crippen LogP contribution is -2.43. The summed E-state index contributed by atoms with van der Waals surface area (Å²) in [7, 11) is 0. The van der Waals surface area contributed by atoms with Crippen molar-refractivity contribution in [3.8, 4) is 0 Å². The fourth-order valence-corrected chi connectivity index (χ4v) is 1.94. The van der Waals surface area contributed by atoms with E-state index in [-0.39, 0.29) is 5.78 Å². The molecule has 0 fully saturated rings. The molecule has 0 spiro atoms. The minimum absolute atomic E-state index is 0.0492. The van der Waals surface area contributed by atoms with Gasteiger partial charge in [0.15, 0.2) is 5.78 Å². The Hall–Kier alpha value is -0.670. The van der Waals surface area contributed by atoms with Crippen LogP contribution in [0, 0.1) is 6.92 Å². The summed E-state index contributed by atoms with van der Waals surface area (Å²) >= 11 is 1.51. The highest BCUT2D eigenvalue weighted by molar-refractivity contribution is 7.14. The first-order chi connectivity index (χ1) is 5.97. The van der Waals surface area contributed by atoms with E-state index in [4.69, 9.17) is 5.73 Å². The summed E-state index contributed by atoms with van der Waals surface area (Å²) in [4.78, 5) is 13.7. The average Bonchev–Trinajstić information content (AvgIpc) is 2.50. The molecule has 0 aliphatic heterocycles. The Morgan fingerprint density at radius 3 is 2.62 bits per heavy atom. The van der Waals surface area contributed by atoms with Crippen LogP contribution in [-0.4, -0.2) is 11.3 Å². The van der Waals surface area contributed by atoms with Crippen LogP contribution in [0.4, 0.5) is 0 Å². The Bertz CT molecular complexity index is 314. The van der Waals surface area contributed by atoms with Gasteiger partial charge in [0, 0.05) is 4.88 Å². The minimum atomic E-state index is -0.711. The van der Waals surface area contributed by atoms with Gasteiger partial charge in [0.25, 0.3) is 0 Å². The van der Waals surface area contributed by atoms with Crippen LogP contribution in [0.1, 0.15) is 34.8 Å². The van der Waals surface area contributed by atoms with Crippen LogP contribution in [0.5, 0.6) is 0 Å². The molecule has 2 N–H and O–H groups in total. The first-order valence-electron chi connectivity index (χ1n) is 4.37. The van der Waals surface area contributed by atoms with E-state index >= 15 is 0 Å². The van der Waals surface area contributed by atoms with Crippen molar-refractivity contribution in [1.29, 1.82) is 0 Å². The summed E-state index contributed by atoms with van der Waals surface area (Å²) in [5.41, 5.74) is 5.15. The van der Waals surface area contributed by atoms with Crippen molar-refractivity contribution in [3.63, 3.8) is 0 Å². The number of carbonyl (C=O) groups is 1. The fourth-order valence-electron chi connectivity index (χ4n) is 0.999. The molecule has 0 saturated heterocycles. The molecule has 1 unspecified atom stereocenters. The molecule has 13 heavy (non-hydrogen) atoms. The van der Waals surface area contributed by atoms with E-state index in [1.807, 2.05) is 26.0 Å². The van der Waals surface area contributed by atoms with Gasteiger partial charge in [-0.15, -0.1) is 11.3 Å². The van der Waals surface area contributed by atoms with Gasteiger partial charge in [0.1, 0.15) is 0 Å². The van der Waals surface area contributed by atoms with Crippen molar-refractivity contribution in [2.75, 3.05) is 0 Å². The Balaban J connectivity index is 2.91. The third-order valence-electron chi connectivity index (χ3n) is 2.22. The van der Waals surface area contributed by atoms with Gasteiger partial charge in [-0.3, -0.25) is 4.79 Å². The average molecular weight is 197 g/mol. The number of rotatable bonds is 3. The molecular weight excluding hydrogens is 182 g/mol. The predicted octanol–water partition coefficient (Wildman–Crippen LogP) is 2.37. The number of aryl methyl sites for hydroxylation is 1. The van der Waals surface area contributed by atoms with Gasteiger partial charge >= 0.3 is 0 Å². The molecule has 2 nitrogen and oxygen atoms in total. The van der Waals surface area contributed by atoms with E-state index in [1.54, 1.807) is 6.92 Å². The second-order valence-electron chi connectivity index (χ2n) is 3.51. The quantitative estimate of drug-likeness (QED) is 0.756. The van der Waals surface area contributed by atoms with Crippen LogP contribution in [0.3, 0.4) is 0 Å². The molecule has 1 heterocycles. The molecule has 0 bridgehead atoms. The third-order valence-corrected chi connectivity index (χ3v) is 3.22. The highest BCUT2D eigenvalue weighted by Crippen LogP contribution is 2.21. The maximum atomic E-state index is 11.8.